The van der Waals surface area contributed by atoms with Crippen molar-refractivity contribution in [2.75, 3.05) is 6.61 Å². The first-order chi connectivity index (χ1) is 11.3. The molecule has 1 saturated carbocycles. The van der Waals surface area contributed by atoms with Crippen molar-refractivity contribution < 1.29 is 19.1 Å². The molecule has 1 N–H and O–H groups in total. The molecule has 0 aromatic heterocycles. The minimum Gasteiger partial charge on any atom is -0.464 e. The van der Waals surface area contributed by atoms with E-state index in [1.165, 1.54) is 6.42 Å². The maximum absolute atomic E-state index is 13.0. The summed E-state index contributed by atoms with van der Waals surface area (Å²) in [5, 5.41) is 3.15. The van der Waals surface area contributed by atoms with Crippen LogP contribution < -0.4 is 5.32 Å². The Morgan fingerprint density at radius 2 is 1.88 bits per heavy atom. The molecule has 2 unspecified atom stereocenters. The molecule has 0 bridgehead atoms. The molecule has 0 aromatic carbocycles. The van der Waals surface area contributed by atoms with E-state index in [-0.39, 0.29) is 18.8 Å². The van der Waals surface area contributed by atoms with Gasteiger partial charge < -0.3 is 9.47 Å². The fourth-order valence-electron chi connectivity index (χ4n) is 4.15. The number of rotatable bonds is 5. The van der Waals surface area contributed by atoms with E-state index in [4.69, 9.17) is 9.47 Å². The van der Waals surface area contributed by atoms with Crippen molar-refractivity contribution in [3.05, 3.63) is 0 Å². The summed E-state index contributed by atoms with van der Waals surface area (Å²) in [6.07, 6.45) is 4.24. The van der Waals surface area contributed by atoms with E-state index in [9.17, 15) is 9.59 Å². The molecule has 1 aliphatic carbocycles. The molecule has 0 spiro atoms. The Morgan fingerprint density at radius 1 is 1.17 bits per heavy atom. The van der Waals surface area contributed by atoms with Crippen LogP contribution in [0.3, 0.4) is 0 Å². The summed E-state index contributed by atoms with van der Waals surface area (Å²) >= 11 is 0. The summed E-state index contributed by atoms with van der Waals surface area (Å²) < 4.78 is 11.1. The second kappa shape index (κ2) is 7.85. The predicted octanol–water partition coefficient (Wildman–Crippen LogP) is 3.06. The molecule has 2 rings (SSSR count). The highest BCUT2D eigenvalue weighted by molar-refractivity contribution is 6.05. The molecule has 0 amide bonds. The first-order valence-corrected chi connectivity index (χ1v) is 9.46. The van der Waals surface area contributed by atoms with E-state index in [0.29, 0.717) is 24.2 Å². The monoisotopic (exact) mass is 339 g/mol. The molecular formula is C19H33NO4. The molecule has 0 aromatic rings. The van der Waals surface area contributed by atoms with Gasteiger partial charge in [0.25, 0.3) is 0 Å². The number of carbonyl (C=O) groups excluding carboxylic acids is 2. The minimum absolute atomic E-state index is 0.105. The van der Waals surface area contributed by atoms with Crippen LogP contribution in [0.4, 0.5) is 0 Å². The number of carbonyl (C=O) groups is 2. The molecule has 2 aliphatic rings. The Morgan fingerprint density at radius 3 is 2.42 bits per heavy atom. The van der Waals surface area contributed by atoms with E-state index in [1.807, 2.05) is 6.92 Å². The zero-order chi connectivity index (χ0) is 17.9. The van der Waals surface area contributed by atoms with Gasteiger partial charge >= 0.3 is 11.9 Å². The van der Waals surface area contributed by atoms with Gasteiger partial charge in [0.15, 0.2) is 0 Å². The van der Waals surface area contributed by atoms with Gasteiger partial charge in [0.2, 0.25) is 5.54 Å². The topological polar surface area (TPSA) is 64.6 Å². The van der Waals surface area contributed by atoms with Crippen LogP contribution in [0.1, 0.15) is 66.7 Å². The third-order valence-electron chi connectivity index (χ3n) is 5.64. The highest BCUT2D eigenvalue weighted by atomic mass is 16.6. The third-order valence-corrected chi connectivity index (χ3v) is 5.64. The minimum atomic E-state index is -1.32. The molecule has 1 saturated heterocycles. The number of hydrogen-bond acceptors (Lipinski definition) is 5. The van der Waals surface area contributed by atoms with Crippen molar-refractivity contribution in [3.8, 4) is 0 Å². The second-order valence-corrected chi connectivity index (χ2v) is 7.98. The van der Waals surface area contributed by atoms with E-state index >= 15 is 0 Å². The highest BCUT2D eigenvalue weighted by Gasteiger charge is 2.54. The number of esters is 2. The van der Waals surface area contributed by atoms with Gasteiger partial charge in [-0.1, -0.05) is 27.2 Å². The predicted molar refractivity (Wildman–Crippen MR) is 92.4 cm³/mol. The van der Waals surface area contributed by atoms with Crippen LogP contribution in [0, 0.1) is 17.8 Å². The quantitative estimate of drug-likeness (QED) is 0.616. The molecule has 0 radical (unpaired) electrons. The van der Waals surface area contributed by atoms with Crippen LogP contribution in [0.25, 0.3) is 0 Å². The average Bonchev–Trinajstić information content (AvgIpc) is 2.90. The van der Waals surface area contributed by atoms with Crippen LogP contribution in [-0.4, -0.2) is 36.2 Å². The lowest BCUT2D eigenvalue weighted by Gasteiger charge is -2.38. The Bertz CT molecular complexity index is 464. The third kappa shape index (κ3) is 3.93. The van der Waals surface area contributed by atoms with Crippen LogP contribution in [0.15, 0.2) is 0 Å². The number of nitrogens with one attached hydrogen (secondary N) is 1. The fourth-order valence-corrected chi connectivity index (χ4v) is 4.15. The van der Waals surface area contributed by atoms with Crippen LogP contribution in [0.2, 0.25) is 0 Å². The summed E-state index contributed by atoms with van der Waals surface area (Å²) in [4.78, 5) is 25.5. The molecule has 1 heterocycles. The first-order valence-electron chi connectivity index (χ1n) is 9.46. The van der Waals surface area contributed by atoms with Gasteiger partial charge in [-0.25, -0.2) is 9.59 Å². The summed E-state index contributed by atoms with van der Waals surface area (Å²) in [6, 6.07) is 0.105. The zero-order valence-corrected chi connectivity index (χ0v) is 15.8. The van der Waals surface area contributed by atoms with E-state index in [1.54, 1.807) is 6.92 Å². The van der Waals surface area contributed by atoms with Crippen molar-refractivity contribution >= 4 is 11.9 Å². The average molecular weight is 339 g/mol. The summed E-state index contributed by atoms with van der Waals surface area (Å²) in [5.41, 5.74) is -1.32. The second-order valence-electron chi connectivity index (χ2n) is 7.98. The number of ether oxygens (including phenoxy) is 2. The van der Waals surface area contributed by atoms with Gasteiger partial charge in [0.1, 0.15) is 6.10 Å². The van der Waals surface area contributed by atoms with Crippen LogP contribution >= 0.6 is 0 Å². The Balaban J connectivity index is 2.16. The lowest BCUT2D eigenvalue weighted by molar-refractivity contribution is -0.173. The largest absolute Gasteiger partial charge is 0.464 e. The van der Waals surface area contributed by atoms with Gasteiger partial charge in [-0.15, -0.1) is 0 Å². The summed E-state index contributed by atoms with van der Waals surface area (Å²) in [7, 11) is 0. The molecule has 2 fully saturated rings. The smallest absolute Gasteiger partial charge is 0.338 e. The number of hydrogen-bond donors (Lipinski definition) is 1. The standard InChI is InChI=1S/C19H33NO4/c1-6-23-17(21)19(10-9-14(5)20-19)18(22)24-16-11-13(4)7-8-15(16)12(2)3/h12-16,20H,6-11H2,1-5H3/t13-,14?,15+,16-,19?/m1/s1. The molecule has 5 nitrogen and oxygen atoms in total. The molecular weight excluding hydrogens is 306 g/mol. The van der Waals surface area contributed by atoms with Gasteiger partial charge in [-0.05, 0) is 57.3 Å². The Kier molecular flexibility index (Phi) is 6.29. The van der Waals surface area contributed by atoms with Gasteiger partial charge in [0.05, 0.1) is 6.61 Å². The van der Waals surface area contributed by atoms with E-state index in [2.05, 4.69) is 26.1 Å². The molecule has 5 heteroatoms. The zero-order valence-electron chi connectivity index (χ0n) is 15.8. The van der Waals surface area contributed by atoms with E-state index in [0.717, 1.165) is 19.3 Å². The summed E-state index contributed by atoms with van der Waals surface area (Å²) in [5.74, 6) is 0.429. The molecule has 24 heavy (non-hydrogen) atoms. The van der Waals surface area contributed by atoms with Gasteiger partial charge in [-0.2, -0.15) is 0 Å². The Hall–Kier alpha value is -1.10. The first kappa shape index (κ1) is 19.2. The Labute approximate surface area is 145 Å². The maximum atomic E-state index is 13.0. The summed E-state index contributed by atoms with van der Waals surface area (Å²) in [6.45, 7) is 10.6. The molecule has 138 valence electrons. The van der Waals surface area contributed by atoms with Crippen molar-refractivity contribution in [1.29, 1.82) is 0 Å². The normalized spacial score (nSPS) is 36.6. The van der Waals surface area contributed by atoms with Crippen molar-refractivity contribution in [2.24, 2.45) is 17.8 Å². The van der Waals surface area contributed by atoms with Gasteiger partial charge in [-0.3, -0.25) is 5.32 Å². The van der Waals surface area contributed by atoms with E-state index < -0.39 is 17.5 Å². The van der Waals surface area contributed by atoms with Crippen LogP contribution in [0.5, 0.6) is 0 Å². The maximum Gasteiger partial charge on any atom is 0.338 e. The highest BCUT2D eigenvalue weighted by Crippen LogP contribution is 2.37. The molecule has 5 atom stereocenters. The SMILES string of the molecule is CCOC(=O)C1(C(=O)O[C@@H]2C[C@H](C)CC[C@H]2C(C)C)CCC(C)N1. The van der Waals surface area contributed by atoms with Crippen molar-refractivity contribution in [2.45, 2.75) is 84.4 Å². The van der Waals surface area contributed by atoms with Crippen molar-refractivity contribution in [1.82, 2.24) is 5.32 Å². The fraction of sp³-hybridized carbons (Fsp3) is 0.895. The lowest BCUT2D eigenvalue weighted by atomic mass is 9.75. The van der Waals surface area contributed by atoms with Crippen molar-refractivity contribution in [3.63, 3.8) is 0 Å². The van der Waals surface area contributed by atoms with Gasteiger partial charge in [0, 0.05) is 6.04 Å². The molecule has 1 aliphatic heterocycles. The van der Waals surface area contributed by atoms with Crippen LogP contribution in [-0.2, 0) is 19.1 Å². The lowest BCUT2D eigenvalue weighted by Crippen LogP contribution is -2.58.